The van der Waals surface area contributed by atoms with E-state index < -0.39 is 6.97 Å². The molecule has 1 fully saturated rings. The maximum atomic E-state index is 16.5. The smallest absolute Gasteiger partial charge is 0.414 e. The number of allylic oxidation sites excluding steroid dienone is 1. The Bertz CT molecular complexity index is 1520. The average molecular weight is 534 g/mol. The number of amidine groups is 1. The molecule has 2 aromatic carbocycles. The van der Waals surface area contributed by atoms with E-state index >= 15 is 8.63 Å². The van der Waals surface area contributed by atoms with Crippen molar-refractivity contribution >= 4 is 30.0 Å². The summed E-state index contributed by atoms with van der Waals surface area (Å²) < 4.78 is 35.2. The molecular weight excluding hydrogens is 503 g/mol. The third-order valence-corrected chi connectivity index (χ3v) is 8.79. The molecule has 4 nitrogen and oxygen atoms in total. The lowest BCUT2D eigenvalue weighted by Crippen LogP contribution is -2.53. The zero-order valence-electron chi connectivity index (χ0n) is 21.9. The first-order valence-electron chi connectivity index (χ1n) is 13.2. The highest BCUT2D eigenvalue weighted by Crippen LogP contribution is 2.45. The first kappa shape index (κ1) is 25.1. The van der Waals surface area contributed by atoms with Crippen LogP contribution in [0.25, 0.3) is 5.57 Å². The molecule has 8 heteroatoms. The molecule has 0 bridgehead atoms. The molecule has 0 radical (unpaired) electrons. The van der Waals surface area contributed by atoms with E-state index in [1.54, 1.807) is 12.1 Å². The van der Waals surface area contributed by atoms with Gasteiger partial charge in [-0.2, -0.15) is 0 Å². The predicted molar refractivity (Wildman–Crippen MR) is 150 cm³/mol. The van der Waals surface area contributed by atoms with E-state index in [2.05, 4.69) is 29.2 Å². The van der Waals surface area contributed by atoms with Gasteiger partial charge in [0.15, 0.2) is 0 Å². The van der Waals surface area contributed by atoms with E-state index in [1.807, 2.05) is 51.1 Å². The molecular formula is C30H31BClF2N3O. The first-order valence-corrected chi connectivity index (χ1v) is 13.5. The minimum atomic E-state index is -4.23. The Balaban J connectivity index is 1.55. The number of fused-ring (bicyclic) bond motifs is 2. The van der Waals surface area contributed by atoms with Gasteiger partial charge in [0.25, 0.3) is 0 Å². The Morgan fingerprint density at radius 3 is 2.42 bits per heavy atom. The van der Waals surface area contributed by atoms with Gasteiger partial charge in [0, 0.05) is 29.4 Å². The van der Waals surface area contributed by atoms with E-state index in [0.717, 1.165) is 44.3 Å². The number of hydrogen-bond donors (Lipinski definition) is 1. The summed E-state index contributed by atoms with van der Waals surface area (Å²) in [6, 6.07) is 17.6. The van der Waals surface area contributed by atoms with Gasteiger partial charge in [0.2, 0.25) is 5.84 Å². The van der Waals surface area contributed by atoms with Crippen LogP contribution < -0.4 is 0 Å². The fraction of sp³-hybridized carbons (Fsp3) is 0.300. The number of hydrogen-bond acceptors (Lipinski definition) is 2. The number of aryl methyl sites for hydroxylation is 3. The van der Waals surface area contributed by atoms with Crippen LogP contribution in [0.1, 0.15) is 46.4 Å². The van der Waals surface area contributed by atoms with Gasteiger partial charge in [-0.05, 0) is 74.1 Å². The van der Waals surface area contributed by atoms with E-state index in [4.69, 9.17) is 11.6 Å². The van der Waals surface area contributed by atoms with E-state index in [9.17, 15) is 5.11 Å². The maximum absolute atomic E-state index is 16.5. The Kier molecular flexibility index (Phi) is 5.93. The molecule has 6 rings (SSSR count). The summed E-state index contributed by atoms with van der Waals surface area (Å²) in [5, 5.41) is 9.96. The van der Waals surface area contributed by atoms with Crippen molar-refractivity contribution in [3.8, 4) is 0 Å². The van der Waals surface area contributed by atoms with Crippen molar-refractivity contribution in [2.45, 2.75) is 39.0 Å². The van der Waals surface area contributed by atoms with Crippen molar-refractivity contribution in [3.63, 3.8) is 0 Å². The topological polar surface area (TPSA) is 31.4 Å². The highest BCUT2D eigenvalue weighted by molar-refractivity contribution is 6.59. The second-order valence-corrected chi connectivity index (χ2v) is 11.3. The van der Waals surface area contributed by atoms with Crippen LogP contribution in [0.15, 0.2) is 72.4 Å². The van der Waals surface area contributed by atoms with Crippen LogP contribution >= 0.6 is 11.6 Å². The summed E-state index contributed by atoms with van der Waals surface area (Å²) in [6.07, 6.45) is 5.01. The fourth-order valence-electron chi connectivity index (χ4n) is 6.90. The van der Waals surface area contributed by atoms with Crippen LogP contribution in [0.4, 0.5) is 8.63 Å². The summed E-state index contributed by atoms with van der Waals surface area (Å²) in [5.74, 6) is 0.482. The normalized spacial score (nSPS) is 21.9. The number of aliphatic hydroxyl groups is 1. The van der Waals surface area contributed by atoms with E-state index in [0.29, 0.717) is 36.7 Å². The van der Waals surface area contributed by atoms with Crippen molar-refractivity contribution < 1.29 is 18.2 Å². The van der Waals surface area contributed by atoms with Crippen LogP contribution in [0.5, 0.6) is 0 Å². The number of benzene rings is 2. The Morgan fingerprint density at radius 1 is 1.03 bits per heavy atom. The van der Waals surface area contributed by atoms with Crippen LogP contribution in [0.2, 0.25) is 5.15 Å². The van der Waals surface area contributed by atoms with Crippen molar-refractivity contribution in [2.24, 2.45) is 0 Å². The summed E-state index contributed by atoms with van der Waals surface area (Å²) in [7, 11) is 0. The van der Waals surface area contributed by atoms with Crippen LogP contribution in [0.3, 0.4) is 0 Å². The van der Waals surface area contributed by atoms with Crippen LogP contribution in [-0.4, -0.2) is 51.5 Å². The Morgan fingerprint density at radius 2 is 1.74 bits per heavy atom. The maximum Gasteiger partial charge on any atom is 0.640 e. The molecule has 0 saturated carbocycles. The van der Waals surface area contributed by atoms with E-state index in [-0.39, 0.29) is 17.2 Å². The molecule has 3 aliphatic rings. The van der Waals surface area contributed by atoms with Gasteiger partial charge in [-0.15, -0.1) is 0 Å². The molecule has 1 saturated heterocycles. The van der Waals surface area contributed by atoms with Gasteiger partial charge in [-0.25, -0.2) is 0 Å². The second kappa shape index (κ2) is 8.96. The second-order valence-electron chi connectivity index (χ2n) is 10.9. The highest BCUT2D eigenvalue weighted by atomic mass is 35.5. The Hall–Kier alpha value is -3.16. The third-order valence-electron chi connectivity index (χ3n) is 8.48. The van der Waals surface area contributed by atoms with Gasteiger partial charge in [0.1, 0.15) is 0 Å². The molecule has 1 aromatic heterocycles. The molecule has 0 aliphatic carbocycles. The molecule has 1 atom stereocenters. The molecule has 4 heterocycles. The lowest BCUT2D eigenvalue weighted by molar-refractivity contribution is -0.367. The molecule has 1 unspecified atom stereocenters. The summed E-state index contributed by atoms with van der Waals surface area (Å²) in [4.78, 5) is 2.05. The zero-order chi connectivity index (χ0) is 26.8. The summed E-state index contributed by atoms with van der Waals surface area (Å²) in [6.45, 7) is 3.10. The van der Waals surface area contributed by atoms with Crippen molar-refractivity contribution in [1.82, 2.24) is 9.38 Å². The number of nitrogens with zero attached hydrogens (tertiary/aromatic N) is 3. The molecule has 0 spiro atoms. The average Bonchev–Trinajstić information content (AvgIpc) is 3.59. The van der Waals surface area contributed by atoms with Crippen LogP contribution in [-0.2, 0) is 5.41 Å². The third kappa shape index (κ3) is 3.63. The number of aliphatic hydroxyl groups excluding tert-OH is 1. The number of halogens is 3. The highest BCUT2D eigenvalue weighted by Gasteiger charge is 2.53. The van der Waals surface area contributed by atoms with Crippen molar-refractivity contribution in [3.05, 3.63) is 111 Å². The minimum Gasteiger partial charge on any atom is -0.414 e. The van der Waals surface area contributed by atoms with Gasteiger partial charge in [0.05, 0.1) is 23.9 Å². The molecule has 3 aliphatic heterocycles. The SMILES string of the molecule is Cc1cc(C)c(C2=C3C=CC(N4CCC(CCO)(c5ccccc5)C4)=[N+]3[B-](F)(F)n3c(Cl)ccc32)c(C)c1. The molecule has 196 valence electrons. The van der Waals surface area contributed by atoms with Gasteiger partial charge < -0.3 is 22.7 Å². The van der Waals surface area contributed by atoms with Crippen molar-refractivity contribution in [1.29, 1.82) is 0 Å². The zero-order valence-corrected chi connectivity index (χ0v) is 22.6. The number of aromatic nitrogens is 1. The summed E-state index contributed by atoms with van der Waals surface area (Å²) in [5.41, 5.74) is 6.73. The molecule has 3 aromatic rings. The molecule has 1 N–H and O–H groups in total. The van der Waals surface area contributed by atoms with Crippen molar-refractivity contribution in [2.75, 3.05) is 19.7 Å². The first-order chi connectivity index (χ1) is 18.2. The van der Waals surface area contributed by atoms with E-state index in [1.165, 1.54) is 4.49 Å². The monoisotopic (exact) mass is 533 g/mol. The van der Waals surface area contributed by atoms with Crippen LogP contribution in [0, 0.1) is 20.8 Å². The van der Waals surface area contributed by atoms with Gasteiger partial charge >= 0.3 is 6.97 Å². The number of rotatable bonds is 4. The quantitative estimate of drug-likeness (QED) is 0.413. The summed E-state index contributed by atoms with van der Waals surface area (Å²) >= 11 is 6.44. The largest absolute Gasteiger partial charge is 0.640 e. The minimum absolute atomic E-state index is 0.0237. The Labute approximate surface area is 227 Å². The predicted octanol–water partition coefficient (Wildman–Crippen LogP) is 6.07. The lowest BCUT2D eigenvalue weighted by Gasteiger charge is -2.37. The van der Waals surface area contributed by atoms with Gasteiger partial charge in [-0.1, -0.05) is 59.6 Å². The fourth-order valence-corrected chi connectivity index (χ4v) is 7.17. The molecule has 38 heavy (non-hydrogen) atoms. The number of likely N-dealkylation sites (tertiary alicyclic amines) is 1. The molecule has 0 amide bonds. The lowest BCUT2D eigenvalue weighted by atomic mass is 9.77. The van der Waals surface area contributed by atoms with Gasteiger partial charge in [-0.3, -0.25) is 4.90 Å². The standard InChI is InChI=1S/C30H31BClF2N3O/c1-20-17-21(2)28(22(3)18-20)29-24-9-11-26(32)36(24)31(33,34)37-25(29)10-12-27(37)35-15-13-30(19-35,14-16-38)23-7-5-4-6-8-23/h4-12,17-18,38H,13-16,19H2,1-3H3.